The summed E-state index contributed by atoms with van der Waals surface area (Å²) in [5, 5.41) is 0. The van der Waals surface area contributed by atoms with Gasteiger partial charge in [0, 0.05) is 5.57 Å². The molecule has 0 radical (unpaired) electrons. The number of ether oxygens (including phenoxy) is 1. The van der Waals surface area contributed by atoms with Crippen molar-refractivity contribution in [3.05, 3.63) is 11.6 Å². The molecule has 0 N–H and O–H groups in total. The molecule has 0 saturated heterocycles. The molecule has 0 aliphatic heterocycles. The van der Waals surface area contributed by atoms with Crippen LogP contribution in [0.25, 0.3) is 0 Å². The van der Waals surface area contributed by atoms with Crippen molar-refractivity contribution in [1.82, 2.24) is 0 Å². The van der Waals surface area contributed by atoms with Gasteiger partial charge in [-0.05, 0) is 20.3 Å². The molecule has 0 aliphatic carbocycles. The molecule has 88 valence electrons. The van der Waals surface area contributed by atoms with Crippen molar-refractivity contribution in [1.29, 1.82) is 0 Å². The van der Waals surface area contributed by atoms with E-state index in [0.717, 1.165) is 6.42 Å². The number of rotatable bonds is 8. The van der Waals surface area contributed by atoms with Gasteiger partial charge in [0.25, 0.3) is 0 Å². The van der Waals surface area contributed by atoms with Crippen molar-refractivity contribution >= 4 is 5.97 Å². The Morgan fingerprint density at radius 1 is 1.13 bits per heavy atom. The zero-order valence-corrected chi connectivity index (χ0v) is 10.3. The van der Waals surface area contributed by atoms with E-state index in [4.69, 9.17) is 4.74 Å². The van der Waals surface area contributed by atoms with Crippen molar-refractivity contribution < 1.29 is 9.53 Å². The molecule has 0 aromatic heterocycles. The highest BCUT2D eigenvalue weighted by atomic mass is 16.5. The summed E-state index contributed by atoms with van der Waals surface area (Å²) in [6.45, 7) is 6.41. The van der Waals surface area contributed by atoms with Gasteiger partial charge >= 0.3 is 5.97 Å². The van der Waals surface area contributed by atoms with E-state index in [0.29, 0.717) is 12.2 Å². The lowest BCUT2D eigenvalue weighted by molar-refractivity contribution is -0.139. The summed E-state index contributed by atoms with van der Waals surface area (Å²) in [5.74, 6) is -0.175. The van der Waals surface area contributed by atoms with Crippen LogP contribution in [-0.4, -0.2) is 12.6 Å². The average molecular weight is 212 g/mol. The Bertz CT molecular complexity index is 195. The molecule has 0 rings (SSSR count). The summed E-state index contributed by atoms with van der Waals surface area (Å²) >= 11 is 0. The van der Waals surface area contributed by atoms with Crippen LogP contribution in [-0.2, 0) is 9.53 Å². The summed E-state index contributed by atoms with van der Waals surface area (Å²) in [6, 6.07) is 0. The van der Waals surface area contributed by atoms with Crippen LogP contribution in [0.15, 0.2) is 11.6 Å². The zero-order chi connectivity index (χ0) is 11.5. The van der Waals surface area contributed by atoms with Gasteiger partial charge in [-0.1, -0.05) is 45.1 Å². The van der Waals surface area contributed by atoms with Gasteiger partial charge in [0.05, 0.1) is 6.61 Å². The molecule has 0 atom stereocenters. The molecule has 2 heteroatoms. The molecular formula is C13H24O2. The second-order valence-electron chi connectivity index (χ2n) is 3.88. The van der Waals surface area contributed by atoms with Crippen molar-refractivity contribution in [2.24, 2.45) is 0 Å². The monoisotopic (exact) mass is 212 g/mol. The molecule has 0 amide bonds. The van der Waals surface area contributed by atoms with Crippen molar-refractivity contribution in [2.45, 2.75) is 59.3 Å². The fraction of sp³-hybridized carbons (Fsp3) is 0.769. The summed E-state index contributed by atoms with van der Waals surface area (Å²) in [5.41, 5.74) is 0.695. The van der Waals surface area contributed by atoms with Crippen molar-refractivity contribution in [2.75, 3.05) is 6.61 Å². The van der Waals surface area contributed by atoms with E-state index in [-0.39, 0.29) is 5.97 Å². The number of hydrogen-bond acceptors (Lipinski definition) is 2. The molecule has 0 heterocycles. The molecular weight excluding hydrogens is 188 g/mol. The van der Waals surface area contributed by atoms with Crippen LogP contribution >= 0.6 is 0 Å². The summed E-state index contributed by atoms with van der Waals surface area (Å²) in [6.07, 6.45) is 9.09. The van der Waals surface area contributed by atoms with Crippen LogP contribution in [0.5, 0.6) is 0 Å². The molecule has 0 saturated carbocycles. The van der Waals surface area contributed by atoms with Crippen molar-refractivity contribution in [3.8, 4) is 0 Å². The molecule has 0 unspecified atom stereocenters. The summed E-state index contributed by atoms with van der Waals surface area (Å²) < 4.78 is 5.09. The maximum Gasteiger partial charge on any atom is 0.333 e. The van der Waals surface area contributed by atoms with Crippen LogP contribution in [0.4, 0.5) is 0 Å². The second kappa shape index (κ2) is 9.75. The lowest BCUT2D eigenvalue weighted by Gasteiger charge is -2.04. The Kier molecular flexibility index (Phi) is 9.24. The number of carbonyl (C=O) groups is 1. The van der Waals surface area contributed by atoms with Crippen molar-refractivity contribution in [3.63, 3.8) is 0 Å². The Morgan fingerprint density at radius 2 is 1.73 bits per heavy atom. The van der Waals surface area contributed by atoms with Gasteiger partial charge < -0.3 is 4.74 Å². The minimum absolute atomic E-state index is 0.175. The summed E-state index contributed by atoms with van der Waals surface area (Å²) in [7, 11) is 0. The minimum atomic E-state index is -0.175. The smallest absolute Gasteiger partial charge is 0.333 e. The Labute approximate surface area is 93.7 Å². The first-order chi connectivity index (χ1) is 7.22. The van der Waals surface area contributed by atoms with E-state index in [1.54, 1.807) is 13.0 Å². The molecule has 0 aliphatic rings. The number of allylic oxidation sites excluding steroid dienone is 1. The van der Waals surface area contributed by atoms with Crippen LogP contribution in [0.3, 0.4) is 0 Å². The highest BCUT2D eigenvalue weighted by Gasteiger charge is 2.02. The van der Waals surface area contributed by atoms with E-state index in [9.17, 15) is 4.79 Å². The Morgan fingerprint density at radius 3 is 2.33 bits per heavy atom. The zero-order valence-electron chi connectivity index (χ0n) is 10.3. The highest BCUT2D eigenvalue weighted by Crippen LogP contribution is 2.05. The number of unbranched alkanes of at least 4 members (excludes halogenated alkanes) is 5. The fourth-order valence-electron chi connectivity index (χ4n) is 1.28. The van der Waals surface area contributed by atoms with Gasteiger partial charge in [0.1, 0.15) is 0 Å². The predicted octanol–water partition coefficient (Wildman–Crippen LogP) is 3.86. The Hall–Kier alpha value is -0.790. The Balaban J connectivity index is 3.28. The molecule has 0 spiro atoms. The molecule has 0 bridgehead atoms. The van der Waals surface area contributed by atoms with E-state index in [2.05, 4.69) is 6.92 Å². The quantitative estimate of drug-likeness (QED) is 0.347. The lowest BCUT2D eigenvalue weighted by Crippen LogP contribution is -2.06. The highest BCUT2D eigenvalue weighted by molar-refractivity contribution is 5.87. The predicted molar refractivity (Wildman–Crippen MR) is 63.8 cm³/mol. The SMILES string of the molecule is C/C=C(\C)C(=O)OCCCCCCCC. The van der Waals surface area contributed by atoms with Gasteiger partial charge in [-0.3, -0.25) is 0 Å². The van der Waals surface area contributed by atoms with E-state index < -0.39 is 0 Å². The van der Waals surface area contributed by atoms with E-state index >= 15 is 0 Å². The normalized spacial score (nSPS) is 11.5. The minimum Gasteiger partial charge on any atom is -0.462 e. The molecule has 0 fully saturated rings. The first-order valence-electron chi connectivity index (χ1n) is 6.02. The van der Waals surface area contributed by atoms with Gasteiger partial charge in [-0.15, -0.1) is 0 Å². The average Bonchev–Trinajstić information content (AvgIpc) is 2.26. The molecule has 0 aromatic rings. The van der Waals surface area contributed by atoms with E-state index in [1.807, 2.05) is 6.92 Å². The third kappa shape index (κ3) is 8.22. The van der Waals surface area contributed by atoms with Gasteiger partial charge in [-0.2, -0.15) is 0 Å². The standard InChI is InChI=1S/C13H24O2/c1-4-6-7-8-9-10-11-15-13(14)12(3)5-2/h5H,4,6-11H2,1-3H3/b12-5+. The number of hydrogen-bond donors (Lipinski definition) is 0. The summed E-state index contributed by atoms with van der Waals surface area (Å²) in [4.78, 5) is 11.2. The third-order valence-electron chi connectivity index (χ3n) is 2.49. The topological polar surface area (TPSA) is 26.3 Å². The van der Waals surface area contributed by atoms with E-state index in [1.165, 1.54) is 32.1 Å². The van der Waals surface area contributed by atoms with Crippen LogP contribution in [0.1, 0.15) is 59.3 Å². The number of esters is 1. The first kappa shape index (κ1) is 14.2. The second-order valence-corrected chi connectivity index (χ2v) is 3.88. The first-order valence-corrected chi connectivity index (χ1v) is 6.02. The number of carbonyl (C=O) groups excluding carboxylic acids is 1. The molecule has 15 heavy (non-hydrogen) atoms. The molecule has 0 aromatic carbocycles. The lowest BCUT2D eigenvalue weighted by atomic mass is 10.1. The van der Waals surface area contributed by atoms with Crippen LogP contribution < -0.4 is 0 Å². The van der Waals surface area contributed by atoms with Crippen LogP contribution in [0.2, 0.25) is 0 Å². The largest absolute Gasteiger partial charge is 0.462 e. The fourth-order valence-corrected chi connectivity index (χ4v) is 1.28. The van der Waals surface area contributed by atoms with Crippen LogP contribution in [0, 0.1) is 0 Å². The molecule has 2 nitrogen and oxygen atoms in total. The van der Waals surface area contributed by atoms with Gasteiger partial charge in [0.2, 0.25) is 0 Å². The van der Waals surface area contributed by atoms with Gasteiger partial charge in [0.15, 0.2) is 0 Å². The maximum absolute atomic E-state index is 11.2. The third-order valence-corrected chi connectivity index (χ3v) is 2.49. The maximum atomic E-state index is 11.2. The van der Waals surface area contributed by atoms with Gasteiger partial charge in [-0.25, -0.2) is 4.79 Å².